The molecule has 0 unspecified atom stereocenters. The molecular weight excluding hydrogens is 496 g/mol. The Balaban J connectivity index is 1.41. The number of hydrogen-bond acceptors (Lipinski definition) is 4. The van der Waals surface area contributed by atoms with E-state index in [4.69, 9.17) is 9.47 Å². The maximum atomic E-state index is 12.9. The van der Waals surface area contributed by atoms with Crippen molar-refractivity contribution in [3.05, 3.63) is 94.0 Å². The summed E-state index contributed by atoms with van der Waals surface area (Å²) in [5.74, 6) is 0.440. The molecule has 3 aromatic carbocycles. The molecule has 0 aliphatic carbocycles. The monoisotopic (exact) mass is 522 g/mol. The summed E-state index contributed by atoms with van der Waals surface area (Å²) in [4.78, 5) is 25.4. The minimum Gasteiger partial charge on any atom is -0.497 e. The zero-order valence-corrected chi connectivity index (χ0v) is 20.6. The fraction of sp³-hybridized carbons (Fsp3) is 0.259. The average Bonchev–Trinajstić information content (AvgIpc) is 2.88. The van der Waals surface area contributed by atoms with Crippen molar-refractivity contribution >= 4 is 33.4 Å². The summed E-state index contributed by atoms with van der Waals surface area (Å²) >= 11 is 3.39. The quantitative estimate of drug-likeness (QED) is 0.447. The molecule has 0 saturated carbocycles. The van der Waals surface area contributed by atoms with Crippen LogP contribution < -0.4 is 15.4 Å². The number of amides is 2. The largest absolute Gasteiger partial charge is 0.497 e. The molecule has 1 fully saturated rings. The van der Waals surface area contributed by atoms with Crippen LogP contribution in [0.25, 0.3) is 0 Å². The normalized spacial score (nSPS) is 14.8. The third-order valence-corrected chi connectivity index (χ3v) is 6.95. The van der Waals surface area contributed by atoms with E-state index in [0.29, 0.717) is 36.6 Å². The summed E-state index contributed by atoms with van der Waals surface area (Å²) in [6.07, 6.45) is 1.67. The summed E-state index contributed by atoms with van der Waals surface area (Å²) in [5, 5.41) is 5.97. The molecule has 2 amide bonds. The molecule has 2 N–H and O–H groups in total. The number of carbonyl (C=O) groups excluding carboxylic acids is 2. The molecule has 0 aromatic heterocycles. The lowest BCUT2D eigenvalue weighted by Gasteiger charge is -2.38. The summed E-state index contributed by atoms with van der Waals surface area (Å²) in [7, 11) is 1.65. The van der Waals surface area contributed by atoms with Gasteiger partial charge in [0, 0.05) is 40.9 Å². The third kappa shape index (κ3) is 5.48. The summed E-state index contributed by atoms with van der Waals surface area (Å²) in [5.41, 5.74) is 2.69. The van der Waals surface area contributed by atoms with Crippen molar-refractivity contribution in [3.8, 4) is 5.75 Å². The highest BCUT2D eigenvalue weighted by Crippen LogP contribution is 2.35. The smallest absolute Gasteiger partial charge is 0.256 e. The maximum absolute atomic E-state index is 12.9. The van der Waals surface area contributed by atoms with Gasteiger partial charge >= 0.3 is 0 Å². The van der Waals surface area contributed by atoms with Gasteiger partial charge in [0.25, 0.3) is 11.8 Å². The van der Waals surface area contributed by atoms with Gasteiger partial charge in [0.2, 0.25) is 0 Å². The number of carbonyl (C=O) groups is 2. The second-order valence-corrected chi connectivity index (χ2v) is 9.17. The highest BCUT2D eigenvalue weighted by molar-refractivity contribution is 9.10. The van der Waals surface area contributed by atoms with Crippen molar-refractivity contribution in [3.63, 3.8) is 0 Å². The van der Waals surface area contributed by atoms with Gasteiger partial charge in [-0.25, -0.2) is 0 Å². The van der Waals surface area contributed by atoms with E-state index in [1.165, 1.54) is 5.56 Å². The average molecular weight is 523 g/mol. The lowest BCUT2D eigenvalue weighted by atomic mass is 9.74. The molecule has 3 aromatic rings. The van der Waals surface area contributed by atoms with Gasteiger partial charge in [-0.1, -0.05) is 24.3 Å². The van der Waals surface area contributed by atoms with E-state index in [1.807, 2.05) is 30.3 Å². The zero-order chi connectivity index (χ0) is 24.0. The molecule has 34 heavy (non-hydrogen) atoms. The first kappa shape index (κ1) is 24.0. The first-order valence-electron chi connectivity index (χ1n) is 11.2. The molecule has 0 atom stereocenters. The van der Waals surface area contributed by atoms with Gasteiger partial charge in [-0.15, -0.1) is 0 Å². The molecule has 176 valence electrons. The molecule has 0 bridgehead atoms. The van der Waals surface area contributed by atoms with E-state index in [2.05, 4.69) is 38.7 Å². The van der Waals surface area contributed by atoms with E-state index < -0.39 is 0 Å². The van der Waals surface area contributed by atoms with Crippen LogP contribution in [0.3, 0.4) is 0 Å². The van der Waals surface area contributed by atoms with E-state index in [0.717, 1.165) is 23.1 Å². The Morgan fingerprint density at radius 3 is 2.26 bits per heavy atom. The number of rotatable bonds is 7. The van der Waals surface area contributed by atoms with E-state index in [1.54, 1.807) is 37.4 Å². The Morgan fingerprint density at radius 2 is 1.62 bits per heavy atom. The van der Waals surface area contributed by atoms with Crippen LogP contribution in [0.5, 0.6) is 5.75 Å². The number of halogens is 1. The molecule has 1 saturated heterocycles. The van der Waals surface area contributed by atoms with Crippen LogP contribution in [0.1, 0.15) is 39.1 Å². The van der Waals surface area contributed by atoms with Crippen molar-refractivity contribution in [2.24, 2.45) is 0 Å². The van der Waals surface area contributed by atoms with Crippen molar-refractivity contribution in [1.29, 1.82) is 0 Å². The van der Waals surface area contributed by atoms with E-state index in [9.17, 15) is 9.59 Å². The second kappa shape index (κ2) is 10.8. The second-order valence-electron chi connectivity index (χ2n) is 8.32. The van der Waals surface area contributed by atoms with Crippen molar-refractivity contribution in [1.82, 2.24) is 5.32 Å². The lowest BCUT2D eigenvalue weighted by Crippen LogP contribution is -2.44. The SMILES string of the molecule is COc1ccc(C2(CNC(=O)c3ccc(NC(=O)c4ccccc4Br)cc3)CCOCC2)cc1. The predicted molar refractivity (Wildman–Crippen MR) is 136 cm³/mol. The van der Waals surface area contributed by atoms with Crippen LogP contribution in [-0.2, 0) is 10.2 Å². The molecule has 0 spiro atoms. The number of ether oxygens (including phenoxy) is 2. The van der Waals surface area contributed by atoms with Crippen LogP contribution in [0.2, 0.25) is 0 Å². The maximum Gasteiger partial charge on any atom is 0.256 e. The Labute approximate surface area is 207 Å². The molecule has 1 aliphatic rings. The Hall–Kier alpha value is -3.16. The minimum atomic E-state index is -0.217. The molecular formula is C27H27BrN2O4. The van der Waals surface area contributed by atoms with Gasteiger partial charge in [-0.2, -0.15) is 0 Å². The Morgan fingerprint density at radius 1 is 0.941 bits per heavy atom. The third-order valence-electron chi connectivity index (χ3n) is 6.26. The van der Waals surface area contributed by atoms with Gasteiger partial charge in [0.1, 0.15) is 5.75 Å². The van der Waals surface area contributed by atoms with Crippen LogP contribution in [0.4, 0.5) is 5.69 Å². The predicted octanol–water partition coefficient (Wildman–Crippen LogP) is 5.19. The minimum absolute atomic E-state index is 0.150. The lowest BCUT2D eigenvalue weighted by molar-refractivity contribution is 0.0487. The first-order valence-corrected chi connectivity index (χ1v) is 12.0. The van der Waals surface area contributed by atoms with Gasteiger partial charge in [0.05, 0.1) is 12.7 Å². The highest BCUT2D eigenvalue weighted by Gasteiger charge is 2.35. The fourth-order valence-electron chi connectivity index (χ4n) is 4.17. The topological polar surface area (TPSA) is 76.7 Å². The van der Waals surface area contributed by atoms with Crippen LogP contribution in [0.15, 0.2) is 77.3 Å². The molecule has 4 rings (SSSR count). The van der Waals surface area contributed by atoms with Gasteiger partial charge < -0.3 is 20.1 Å². The molecule has 0 radical (unpaired) electrons. The summed E-state index contributed by atoms with van der Waals surface area (Å²) < 4.78 is 11.6. The number of benzene rings is 3. The Bertz CT molecular complexity index is 1140. The van der Waals surface area contributed by atoms with Crippen molar-refractivity contribution in [2.75, 3.05) is 32.2 Å². The molecule has 1 aliphatic heterocycles. The van der Waals surface area contributed by atoms with Crippen LogP contribution in [0, 0.1) is 0 Å². The number of anilines is 1. The van der Waals surface area contributed by atoms with E-state index in [-0.39, 0.29) is 17.2 Å². The number of hydrogen-bond donors (Lipinski definition) is 2. The molecule has 1 heterocycles. The summed E-state index contributed by atoms with van der Waals surface area (Å²) in [6.45, 7) is 1.84. The molecule has 6 nitrogen and oxygen atoms in total. The van der Waals surface area contributed by atoms with Gasteiger partial charge in [0.15, 0.2) is 0 Å². The molecule has 7 heteroatoms. The standard InChI is InChI=1S/C27H27BrN2O4/c1-33-22-12-8-20(9-13-22)27(14-16-34-17-15-27)18-29-25(31)19-6-10-21(11-7-19)30-26(32)23-4-2-3-5-24(23)28/h2-13H,14-18H2,1H3,(H,29,31)(H,30,32). The number of nitrogens with one attached hydrogen (secondary N) is 2. The summed E-state index contributed by atoms with van der Waals surface area (Å²) in [6, 6.07) is 22.2. The first-order chi connectivity index (χ1) is 16.5. The highest BCUT2D eigenvalue weighted by atomic mass is 79.9. The Kier molecular flexibility index (Phi) is 7.65. The van der Waals surface area contributed by atoms with Crippen molar-refractivity contribution in [2.45, 2.75) is 18.3 Å². The van der Waals surface area contributed by atoms with Gasteiger partial charge in [-0.3, -0.25) is 9.59 Å². The van der Waals surface area contributed by atoms with Crippen LogP contribution in [-0.4, -0.2) is 38.7 Å². The van der Waals surface area contributed by atoms with E-state index >= 15 is 0 Å². The van der Waals surface area contributed by atoms with Crippen molar-refractivity contribution < 1.29 is 19.1 Å². The van der Waals surface area contributed by atoms with Crippen LogP contribution >= 0.6 is 15.9 Å². The van der Waals surface area contributed by atoms with Gasteiger partial charge in [-0.05, 0) is 82.9 Å². The zero-order valence-electron chi connectivity index (χ0n) is 19.0. The number of methoxy groups -OCH3 is 1. The fourth-order valence-corrected chi connectivity index (χ4v) is 4.64.